The summed E-state index contributed by atoms with van der Waals surface area (Å²) >= 11 is 0. The van der Waals surface area contributed by atoms with E-state index in [0.717, 1.165) is 5.56 Å². The number of hydrogen-bond acceptors (Lipinski definition) is 13. The standard InChI is InChI=1S/C40H61N3O11/c1-12-28-40(8)30(31(37(49)54-40)42-29(44)16-15-26-14-13-17-41-20-26)23(4)32(45)21(2)19-39(7,50-11)35(24(5)33(46)25(6)36(48)52-28)53-38-34(47)27(43(9)10)18-22(3)51-38/h13-14,17,20-25,27-28,30-31,34-35,38,47H,12,15-16,18-19H2,1-11H3,(H,42,44)/t21-,22-,23-,24+,25-,27+,28-,30+,31?,34-,35-,38+,39-,40-/m1/s1. The van der Waals surface area contributed by atoms with Crippen molar-refractivity contribution in [2.45, 2.75) is 141 Å². The maximum atomic E-state index is 14.6. The lowest BCUT2D eigenvalue weighted by Crippen LogP contribution is -2.59. The molecule has 4 heterocycles. The summed E-state index contributed by atoms with van der Waals surface area (Å²) < 4.78 is 30.9. The number of pyridine rings is 1. The van der Waals surface area contributed by atoms with Crippen LogP contribution in [-0.2, 0) is 54.1 Å². The highest BCUT2D eigenvalue weighted by Crippen LogP contribution is 2.45. The van der Waals surface area contributed by atoms with Gasteiger partial charge in [-0.3, -0.25) is 24.2 Å². The summed E-state index contributed by atoms with van der Waals surface area (Å²) in [6.45, 7) is 13.5. The number of fused-ring (bicyclic) bond motifs is 1. The van der Waals surface area contributed by atoms with E-state index in [1.165, 1.54) is 14.0 Å². The number of aryl methyl sites for hydroxylation is 1. The van der Waals surface area contributed by atoms with Crippen LogP contribution in [0.4, 0.5) is 0 Å². The SMILES string of the molecule is CC[C@H]1OC(=O)[C@H](C)C(=O)[C@H](C)[C@@H](O[C@@H]2O[C@H](C)C[C@H](N(C)C)[C@H]2O)[C@](C)(OC)C[C@@H](C)C(=O)[C@H](C)[C@H]2C(NC(=O)CCc3cccnc3)C(=O)O[C@@]21C. The molecule has 302 valence electrons. The summed E-state index contributed by atoms with van der Waals surface area (Å²) in [6, 6.07) is 2.11. The van der Waals surface area contributed by atoms with Crippen molar-refractivity contribution in [3.8, 4) is 0 Å². The molecule has 14 nitrogen and oxygen atoms in total. The van der Waals surface area contributed by atoms with Gasteiger partial charge in [-0.05, 0) is 79.1 Å². The zero-order valence-corrected chi connectivity index (χ0v) is 33.7. The van der Waals surface area contributed by atoms with Crippen molar-refractivity contribution in [1.29, 1.82) is 0 Å². The molecule has 3 saturated heterocycles. The molecule has 1 amide bonds. The Balaban J connectivity index is 1.74. The molecule has 0 aliphatic carbocycles. The fourth-order valence-corrected chi connectivity index (χ4v) is 8.84. The lowest BCUT2D eigenvalue weighted by atomic mass is 9.69. The van der Waals surface area contributed by atoms with Gasteiger partial charge in [0.15, 0.2) is 17.7 Å². The number of carbonyl (C=O) groups is 5. The number of ketones is 2. The predicted octanol–water partition coefficient (Wildman–Crippen LogP) is 3.06. The minimum Gasteiger partial charge on any atom is -0.458 e. The highest BCUT2D eigenvalue weighted by molar-refractivity contribution is 6.00. The summed E-state index contributed by atoms with van der Waals surface area (Å²) in [5.41, 5.74) is -2.00. The first-order chi connectivity index (χ1) is 25.3. The first kappa shape index (κ1) is 43.4. The number of amides is 1. The van der Waals surface area contributed by atoms with E-state index in [1.54, 1.807) is 60.0 Å². The molecule has 2 N–H and O–H groups in total. The van der Waals surface area contributed by atoms with Gasteiger partial charge in [-0.2, -0.15) is 0 Å². The van der Waals surface area contributed by atoms with Gasteiger partial charge in [0.1, 0.15) is 30.0 Å². The van der Waals surface area contributed by atoms with Crippen LogP contribution in [0.3, 0.4) is 0 Å². The van der Waals surface area contributed by atoms with Crippen LogP contribution in [0, 0.1) is 29.6 Å². The Kier molecular flexibility index (Phi) is 14.2. The van der Waals surface area contributed by atoms with Crippen LogP contribution in [0.1, 0.15) is 86.6 Å². The van der Waals surface area contributed by atoms with Gasteiger partial charge in [0.25, 0.3) is 0 Å². The van der Waals surface area contributed by atoms with Crippen LogP contribution in [-0.4, -0.2) is 120 Å². The Bertz CT molecular complexity index is 1510. The molecule has 1 aromatic rings. The highest BCUT2D eigenvalue weighted by atomic mass is 16.7. The lowest BCUT2D eigenvalue weighted by Gasteiger charge is -2.47. The van der Waals surface area contributed by atoms with Gasteiger partial charge in [0, 0.05) is 55.6 Å². The number of esters is 2. The first-order valence-corrected chi connectivity index (χ1v) is 19.2. The quantitative estimate of drug-likeness (QED) is 0.278. The van der Waals surface area contributed by atoms with Crippen molar-refractivity contribution in [1.82, 2.24) is 15.2 Å². The third-order valence-electron chi connectivity index (χ3n) is 12.0. The molecular weight excluding hydrogens is 698 g/mol. The van der Waals surface area contributed by atoms with Gasteiger partial charge in [0.05, 0.1) is 17.8 Å². The Morgan fingerprint density at radius 1 is 1.06 bits per heavy atom. The third-order valence-corrected chi connectivity index (χ3v) is 12.0. The normalized spacial score (nSPS) is 39.7. The van der Waals surface area contributed by atoms with Gasteiger partial charge < -0.3 is 39.0 Å². The van der Waals surface area contributed by atoms with Crippen LogP contribution in [0.25, 0.3) is 0 Å². The molecule has 3 aliphatic heterocycles. The topological polar surface area (TPSA) is 180 Å². The molecule has 0 radical (unpaired) electrons. The molecule has 1 unspecified atom stereocenters. The van der Waals surface area contributed by atoms with Crippen molar-refractivity contribution in [3.63, 3.8) is 0 Å². The molecule has 0 spiro atoms. The van der Waals surface area contributed by atoms with Crippen LogP contribution >= 0.6 is 0 Å². The van der Waals surface area contributed by atoms with E-state index in [-0.39, 0.29) is 37.2 Å². The second kappa shape index (κ2) is 17.7. The minimum atomic E-state index is -1.53. The summed E-state index contributed by atoms with van der Waals surface area (Å²) in [4.78, 5) is 75.7. The van der Waals surface area contributed by atoms with Crippen molar-refractivity contribution >= 4 is 29.4 Å². The Morgan fingerprint density at radius 3 is 2.33 bits per heavy atom. The highest BCUT2D eigenvalue weighted by Gasteiger charge is 2.62. The average Bonchev–Trinajstić information content (AvgIpc) is 3.39. The second-order valence-corrected chi connectivity index (χ2v) is 16.2. The molecule has 0 bridgehead atoms. The molecule has 54 heavy (non-hydrogen) atoms. The summed E-state index contributed by atoms with van der Waals surface area (Å²) in [5.74, 6) is -7.53. The number of nitrogens with zero attached hydrogens (tertiary/aromatic N) is 2. The molecule has 3 aliphatic rings. The zero-order valence-electron chi connectivity index (χ0n) is 33.7. The maximum absolute atomic E-state index is 14.6. The van der Waals surface area contributed by atoms with E-state index in [1.807, 2.05) is 32.0 Å². The number of nitrogens with one attached hydrogen (secondary N) is 1. The van der Waals surface area contributed by atoms with E-state index in [0.29, 0.717) is 12.8 Å². The van der Waals surface area contributed by atoms with Gasteiger partial charge in [-0.25, -0.2) is 4.79 Å². The first-order valence-electron chi connectivity index (χ1n) is 19.2. The summed E-state index contributed by atoms with van der Waals surface area (Å²) in [6.07, 6.45) is -0.0788. The van der Waals surface area contributed by atoms with Gasteiger partial charge in [0.2, 0.25) is 5.91 Å². The van der Waals surface area contributed by atoms with E-state index < -0.39 is 95.1 Å². The molecule has 14 atom stereocenters. The second-order valence-electron chi connectivity index (χ2n) is 16.2. The zero-order chi connectivity index (χ0) is 40.3. The van der Waals surface area contributed by atoms with Crippen molar-refractivity contribution in [3.05, 3.63) is 30.1 Å². The lowest BCUT2D eigenvalue weighted by molar-refractivity contribution is -0.295. The Morgan fingerprint density at radius 2 is 1.74 bits per heavy atom. The molecule has 0 saturated carbocycles. The van der Waals surface area contributed by atoms with E-state index in [2.05, 4.69) is 10.3 Å². The smallest absolute Gasteiger partial charge is 0.329 e. The number of methoxy groups -OCH3 is 1. The van der Waals surface area contributed by atoms with E-state index in [9.17, 15) is 29.1 Å². The van der Waals surface area contributed by atoms with Crippen LogP contribution in [0.2, 0.25) is 0 Å². The van der Waals surface area contributed by atoms with Gasteiger partial charge >= 0.3 is 11.9 Å². The number of aliphatic hydroxyl groups is 1. The monoisotopic (exact) mass is 759 g/mol. The molecule has 14 heteroatoms. The van der Waals surface area contributed by atoms with Crippen LogP contribution in [0.5, 0.6) is 0 Å². The number of aliphatic hydroxyl groups excluding tert-OH is 1. The summed E-state index contributed by atoms with van der Waals surface area (Å²) in [5, 5.41) is 14.2. The number of rotatable bonds is 9. The molecular formula is C40H61N3O11. The number of cyclic esters (lactones) is 1. The van der Waals surface area contributed by atoms with Crippen molar-refractivity contribution < 1.29 is 52.8 Å². The summed E-state index contributed by atoms with van der Waals surface area (Å²) in [7, 11) is 5.17. The van der Waals surface area contributed by atoms with Crippen LogP contribution < -0.4 is 5.32 Å². The van der Waals surface area contributed by atoms with Gasteiger partial charge in [-0.15, -0.1) is 0 Å². The fraction of sp³-hybridized carbons (Fsp3) is 0.750. The fourth-order valence-electron chi connectivity index (χ4n) is 8.84. The minimum absolute atomic E-state index is 0.0582. The molecule has 0 aromatic carbocycles. The number of carbonyl (C=O) groups excluding carboxylic acids is 5. The van der Waals surface area contributed by atoms with Gasteiger partial charge in [-0.1, -0.05) is 33.8 Å². The molecule has 3 fully saturated rings. The third kappa shape index (κ3) is 9.04. The number of ether oxygens (including phenoxy) is 5. The maximum Gasteiger partial charge on any atom is 0.329 e. The number of aromatic nitrogens is 1. The number of Topliss-reactive ketones (excluding diaryl/α,β-unsaturated/α-hetero) is 2. The largest absolute Gasteiger partial charge is 0.458 e. The Labute approximate surface area is 319 Å². The van der Waals surface area contributed by atoms with E-state index >= 15 is 0 Å². The number of likely N-dealkylation sites (N-methyl/N-ethyl adjacent to an activating group) is 1. The molecule has 4 rings (SSSR count). The van der Waals surface area contributed by atoms with Crippen molar-refractivity contribution in [2.24, 2.45) is 29.6 Å². The molecule has 1 aromatic heterocycles. The average molecular weight is 760 g/mol. The predicted molar refractivity (Wildman–Crippen MR) is 197 cm³/mol. The Hall–Kier alpha value is -3.30. The number of hydrogen-bond donors (Lipinski definition) is 2. The van der Waals surface area contributed by atoms with E-state index in [4.69, 9.17) is 23.7 Å². The van der Waals surface area contributed by atoms with Crippen molar-refractivity contribution in [2.75, 3.05) is 21.2 Å². The van der Waals surface area contributed by atoms with Crippen LogP contribution in [0.15, 0.2) is 24.5 Å².